The van der Waals surface area contributed by atoms with E-state index in [1.807, 2.05) is 54.9 Å². The molecule has 5 aromatic rings. The van der Waals surface area contributed by atoms with E-state index in [1.165, 1.54) is 5.56 Å². The normalized spacial score (nSPS) is 20.5. The maximum absolute atomic E-state index is 13.5. The summed E-state index contributed by atoms with van der Waals surface area (Å²) in [7, 11) is 0. The smallest absolute Gasteiger partial charge is 0.318 e. The van der Waals surface area contributed by atoms with E-state index in [2.05, 4.69) is 48.5 Å². The minimum atomic E-state index is -0.925. The number of anilines is 1. The number of nitrogens with two attached hydrogens (primary N) is 1. The molecule has 0 radical (unpaired) electrons. The summed E-state index contributed by atoms with van der Waals surface area (Å²) in [5, 5.41) is 35.8. The Morgan fingerprint density at radius 3 is 2.37 bits per heavy atom. The minimum Gasteiger partial charge on any atom is -0.507 e. The number of likely N-dealkylation sites (tertiary alicyclic amines) is 3. The molecule has 4 aliphatic heterocycles. The Morgan fingerprint density at radius 1 is 1.00 bits per heavy atom. The Hall–Kier alpha value is -7.10. The van der Waals surface area contributed by atoms with Crippen LogP contribution in [0.4, 0.5) is 10.7 Å². The zero-order chi connectivity index (χ0) is 50.0. The van der Waals surface area contributed by atoms with Crippen molar-refractivity contribution in [1.82, 2.24) is 50.5 Å². The lowest BCUT2D eigenvalue weighted by Gasteiger charge is -2.61. The number of H-pyrrole nitrogens is 1. The number of primary amides is 1. The molecule has 18 heteroatoms. The second-order valence-electron chi connectivity index (χ2n) is 20.8. The molecule has 2 aromatic carbocycles. The van der Waals surface area contributed by atoms with Gasteiger partial charge in [0.1, 0.15) is 11.8 Å². The molecule has 1 spiro atoms. The van der Waals surface area contributed by atoms with Gasteiger partial charge in [0.15, 0.2) is 5.65 Å². The second kappa shape index (κ2) is 20.3. The molecule has 71 heavy (non-hydrogen) atoms. The summed E-state index contributed by atoms with van der Waals surface area (Å²) < 4.78 is 0. The molecule has 0 bridgehead atoms. The van der Waals surface area contributed by atoms with Crippen LogP contribution in [0.1, 0.15) is 99.2 Å². The molecule has 5 aliphatic rings. The van der Waals surface area contributed by atoms with Gasteiger partial charge in [-0.2, -0.15) is 0 Å². The number of phenols is 1. The van der Waals surface area contributed by atoms with Crippen LogP contribution in [0, 0.1) is 23.2 Å². The van der Waals surface area contributed by atoms with Gasteiger partial charge in [0.25, 0.3) is 0 Å². The average Bonchev–Trinajstić information content (AvgIpc) is 3.95. The predicted octanol–water partition coefficient (Wildman–Crippen LogP) is 4.37. The third-order valence-corrected chi connectivity index (χ3v) is 15.4. The van der Waals surface area contributed by atoms with E-state index in [4.69, 9.17) is 22.1 Å². The van der Waals surface area contributed by atoms with Crippen LogP contribution < -0.4 is 21.3 Å². The van der Waals surface area contributed by atoms with Crippen molar-refractivity contribution in [1.29, 1.82) is 0 Å². The fourth-order valence-electron chi connectivity index (χ4n) is 11.4. The van der Waals surface area contributed by atoms with Crippen LogP contribution in [-0.2, 0) is 27.3 Å². The molecule has 3 aromatic heterocycles. The Kier molecular flexibility index (Phi) is 14.0. The Bertz CT molecular complexity index is 2790. The van der Waals surface area contributed by atoms with E-state index in [0.29, 0.717) is 68.2 Å². The van der Waals surface area contributed by atoms with Crippen molar-refractivity contribution < 1.29 is 29.4 Å². The number of aromatic hydroxyl groups is 1. The third kappa shape index (κ3) is 10.4. The molecule has 5 amide bonds. The molecular formula is C53H64N12O6. The van der Waals surface area contributed by atoms with Gasteiger partial charge in [-0.05, 0) is 99.5 Å². The van der Waals surface area contributed by atoms with Crippen LogP contribution in [-0.4, -0.2) is 138 Å². The summed E-state index contributed by atoms with van der Waals surface area (Å²) in [5.41, 5.74) is 12.1. The molecule has 7 N–H and O–H groups in total. The number of amides is 5. The Balaban J connectivity index is 0.000000457. The maximum Gasteiger partial charge on any atom is 0.318 e. The largest absolute Gasteiger partial charge is 0.507 e. The standard InChI is InChI=1S/C43H55N11O5.C10H9NO/c1-25-36-31-16-33(30-6-4-5-7-34(30)56)49-50-38(31)47-32(36)11-15-54(25)40-45-20-27(21-46-40)26-8-12-51(13-9-26)28-17-43(18-28)23-53(24-43)41(59)48-37(42(2,3)19-35(44)57)39(58)52-14-10-29(55)22-52;1-2-9-3-5-10(6-4-9)7-11-8-12/h4-7,16,20-21,25-26,28-29,37,55-56H,8-15,17-19,22-24H2,1-3H3,(H2,44,57)(H,47,50)(H,48,59);1,3-6,8H,7H2,(H,11,12). The lowest BCUT2D eigenvalue weighted by molar-refractivity contribution is -0.136. The number of hydrogen-bond acceptors (Lipinski definition) is 12. The number of para-hydroxylation sites is 1. The van der Waals surface area contributed by atoms with E-state index in [1.54, 1.807) is 35.8 Å². The predicted molar refractivity (Wildman–Crippen MR) is 267 cm³/mol. The summed E-state index contributed by atoms with van der Waals surface area (Å²) in [4.78, 5) is 70.3. The number of benzene rings is 2. The summed E-state index contributed by atoms with van der Waals surface area (Å²) in [6.45, 7) is 11.0. The quantitative estimate of drug-likeness (QED) is 0.0755. The van der Waals surface area contributed by atoms with E-state index in [9.17, 15) is 29.4 Å². The monoisotopic (exact) mass is 965 g/mol. The van der Waals surface area contributed by atoms with Crippen molar-refractivity contribution in [3.05, 3.63) is 94.9 Å². The summed E-state index contributed by atoms with van der Waals surface area (Å²) in [6.07, 6.45) is 14.7. The Morgan fingerprint density at radius 2 is 1.72 bits per heavy atom. The fourth-order valence-corrected chi connectivity index (χ4v) is 11.4. The molecule has 3 unspecified atom stereocenters. The molecular weight excluding hydrogens is 901 g/mol. The van der Waals surface area contributed by atoms with Crippen molar-refractivity contribution >= 4 is 41.2 Å². The maximum atomic E-state index is 13.5. The number of nitrogens with one attached hydrogen (secondary N) is 3. The summed E-state index contributed by atoms with van der Waals surface area (Å²) in [6, 6.07) is 16.0. The highest BCUT2D eigenvalue weighted by Crippen LogP contribution is 2.51. The van der Waals surface area contributed by atoms with Crippen LogP contribution >= 0.6 is 0 Å². The molecule has 1 saturated carbocycles. The number of piperidine rings is 1. The van der Waals surface area contributed by atoms with Gasteiger partial charge < -0.3 is 51.2 Å². The molecule has 372 valence electrons. The SMILES string of the molecule is C#Cc1ccc(CNC=O)cc1.CC1c2c([nH]c3nnc(-c4ccccc4O)cc23)CCN1c1ncc(C2CCN(C3CC4(C3)CN(C(=O)NC(C(=O)N3CCC(O)C3)C(C)(C)CC(N)=O)C4)CC2)cn1. The molecule has 4 fully saturated rings. The zero-order valence-corrected chi connectivity index (χ0v) is 40.7. The van der Waals surface area contributed by atoms with Crippen LogP contribution in [0.3, 0.4) is 0 Å². The number of β-amino-alcohol motifs (C(OH)–C–C–N with tert-alkyl or cyclic N) is 1. The highest BCUT2D eigenvalue weighted by Gasteiger charge is 2.56. The van der Waals surface area contributed by atoms with Gasteiger partial charge in [-0.25, -0.2) is 14.8 Å². The number of carbonyl (C=O) groups excluding carboxylic acids is 4. The number of aromatic nitrogens is 5. The van der Waals surface area contributed by atoms with Gasteiger partial charge in [-0.3, -0.25) is 14.4 Å². The van der Waals surface area contributed by atoms with Gasteiger partial charge >= 0.3 is 6.03 Å². The van der Waals surface area contributed by atoms with Crippen molar-refractivity contribution in [2.45, 2.75) is 102 Å². The number of aromatic amines is 1. The van der Waals surface area contributed by atoms with Crippen molar-refractivity contribution in [3.63, 3.8) is 0 Å². The van der Waals surface area contributed by atoms with Gasteiger partial charge in [0.2, 0.25) is 24.2 Å². The highest BCUT2D eigenvalue weighted by molar-refractivity contribution is 5.89. The highest BCUT2D eigenvalue weighted by atomic mass is 16.3. The van der Waals surface area contributed by atoms with E-state index in [0.717, 1.165) is 85.2 Å². The number of carbonyl (C=O) groups is 4. The summed E-state index contributed by atoms with van der Waals surface area (Å²) in [5.74, 6) is 2.99. The molecule has 3 saturated heterocycles. The molecule has 3 atom stereocenters. The lowest BCUT2D eigenvalue weighted by atomic mass is 9.60. The van der Waals surface area contributed by atoms with Crippen LogP contribution in [0.5, 0.6) is 5.75 Å². The van der Waals surface area contributed by atoms with Gasteiger partial charge in [-0.15, -0.1) is 16.6 Å². The third-order valence-electron chi connectivity index (χ3n) is 15.4. The van der Waals surface area contributed by atoms with Crippen molar-refractivity contribution in [2.75, 3.05) is 50.7 Å². The zero-order valence-electron chi connectivity index (χ0n) is 40.7. The first kappa shape index (κ1) is 48.9. The number of phenolic OH excluding ortho intramolecular Hbond substituents is 1. The van der Waals surface area contributed by atoms with Gasteiger partial charge in [-0.1, -0.05) is 44.0 Å². The van der Waals surface area contributed by atoms with E-state index >= 15 is 0 Å². The number of aliphatic hydroxyl groups is 1. The fraction of sp³-hybridized carbons (Fsp3) is 0.472. The first-order chi connectivity index (χ1) is 34.1. The number of rotatable bonds is 12. The molecule has 1 aliphatic carbocycles. The van der Waals surface area contributed by atoms with Crippen LogP contribution in [0.25, 0.3) is 22.3 Å². The van der Waals surface area contributed by atoms with Gasteiger partial charge in [0, 0.05) is 109 Å². The Labute approximate surface area is 413 Å². The minimum absolute atomic E-state index is 0.0167. The van der Waals surface area contributed by atoms with Gasteiger partial charge in [0.05, 0.1) is 17.8 Å². The first-order valence-corrected chi connectivity index (χ1v) is 24.7. The number of terminal acetylenes is 1. The topological polar surface area (TPSA) is 239 Å². The number of aliphatic hydroxyl groups excluding tert-OH is 1. The first-order valence-electron chi connectivity index (χ1n) is 24.7. The molecule has 7 heterocycles. The van der Waals surface area contributed by atoms with Crippen LogP contribution in [0.2, 0.25) is 0 Å². The van der Waals surface area contributed by atoms with Crippen molar-refractivity contribution in [2.24, 2.45) is 16.6 Å². The summed E-state index contributed by atoms with van der Waals surface area (Å²) >= 11 is 0. The second-order valence-corrected chi connectivity index (χ2v) is 20.8. The van der Waals surface area contributed by atoms with Crippen LogP contribution in [0.15, 0.2) is 67.0 Å². The van der Waals surface area contributed by atoms with E-state index in [-0.39, 0.29) is 42.1 Å². The number of fused-ring (bicyclic) bond motifs is 3. The lowest BCUT2D eigenvalue weighted by Crippen LogP contribution is -2.70. The van der Waals surface area contributed by atoms with E-state index < -0.39 is 23.5 Å². The number of nitrogens with zero attached hydrogens (tertiary/aromatic N) is 8. The van der Waals surface area contributed by atoms with Crippen molar-refractivity contribution in [3.8, 4) is 29.4 Å². The average molecular weight is 965 g/mol. The number of urea groups is 1. The molecule has 10 rings (SSSR count). The number of hydrogen-bond donors (Lipinski definition) is 6. The molecule has 18 nitrogen and oxygen atoms in total.